The predicted octanol–water partition coefficient (Wildman–Crippen LogP) is 0.522. The predicted molar refractivity (Wildman–Crippen MR) is 111 cm³/mol. The van der Waals surface area contributed by atoms with Crippen LogP contribution in [0.2, 0.25) is 0 Å². The molecule has 1 aliphatic carbocycles. The zero-order valence-electron chi connectivity index (χ0n) is 18.2. The number of Topliss-reactive ketones (excluding diaryl/α,β-unsaturated/α-hetero) is 1. The van der Waals surface area contributed by atoms with Crippen molar-refractivity contribution in [2.45, 2.75) is 63.8 Å². The first-order valence-electron chi connectivity index (χ1n) is 10.1. The molecule has 1 saturated carbocycles. The number of nitrogens with one attached hydrogen (secondary N) is 1. The Morgan fingerprint density at radius 1 is 1.17 bits per heavy atom. The average molecular weight is 418 g/mol. The van der Waals surface area contributed by atoms with E-state index in [-0.39, 0.29) is 24.5 Å². The molecule has 3 amide bonds. The number of hydrogen-bond donors (Lipinski definition) is 2. The Hall–Kier alpha value is -2.74. The first-order valence-corrected chi connectivity index (χ1v) is 10.1. The number of carbonyl (C=O) groups is 4. The molecule has 0 spiro atoms. The van der Waals surface area contributed by atoms with Gasteiger partial charge in [-0.2, -0.15) is 0 Å². The van der Waals surface area contributed by atoms with Crippen LogP contribution in [0.1, 0.15) is 39.2 Å². The van der Waals surface area contributed by atoms with Crippen molar-refractivity contribution < 1.29 is 24.3 Å². The van der Waals surface area contributed by atoms with Crippen molar-refractivity contribution in [3.8, 4) is 0 Å². The van der Waals surface area contributed by atoms with Crippen molar-refractivity contribution in [1.29, 1.82) is 0 Å². The lowest BCUT2D eigenvalue weighted by atomic mass is 10.1. The van der Waals surface area contributed by atoms with Crippen LogP contribution in [0.4, 0.5) is 0 Å². The summed E-state index contributed by atoms with van der Waals surface area (Å²) in [5.41, 5.74) is 0.146. The Morgan fingerprint density at radius 2 is 1.73 bits per heavy atom. The summed E-state index contributed by atoms with van der Waals surface area (Å²) in [5.74, 6) is -1.36. The van der Waals surface area contributed by atoms with Crippen LogP contribution in [0, 0.1) is 0 Å². The minimum absolute atomic E-state index is 0.0638. The number of rotatable bonds is 9. The minimum atomic E-state index is -1.21. The number of benzene rings is 1. The molecule has 0 aliphatic heterocycles. The molecule has 8 heteroatoms. The molecule has 0 bridgehead atoms. The molecule has 0 saturated heterocycles. The Labute approximate surface area is 177 Å². The van der Waals surface area contributed by atoms with E-state index in [4.69, 9.17) is 0 Å². The van der Waals surface area contributed by atoms with E-state index >= 15 is 0 Å². The van der Waals surface area contributed by atoms with Crippen molar-refractivity contribution in [2.75, 3.05) is 14.1 Å². The number of hydrogen-bond acceptors (Lipinski definition) is 5. The van der Waals surface area contributed by atoms with Crippen molar-refractivity contribution >= 4 is 23.5 Å². The van der Waals surface area contributed by atoms with E-state index in [1.807, 2.05) is 30.3 Å². The Bertz CT molecular complexity index is 810. The second kappa shape index (κ2) is 9.38. The first-order chi connectivity index (χ1) is 14.0. The van der Waals surface area contributed by atoms with E-state index in [1.165, 1.54) is 30.8 Å². The lowest BCUT2D eigenvalue weighted by molar-refractivity contribution is -0.144. The lowest BCUT2D eigenvalue weighted by Gasteiger charge is -2.31. The molecular formula is C22H31N3O5. The SMILES string of the molecule is C[C@@H](O)[C@H](NC(=O)[C@H](C)N(C)C(=O)CCc1ccccc1)C(=O)N(C)C1(C)CC1=O. The van der Waals surface area contributed by atoms with Gasteiger partial charge < -0.3 is 20.2 Å². The van der Waals surface area contributed by atoms with Gasteiger partial charge in [0.2, 0.25) is 17.7 Å². The number of amides is 3. The van der Waals surface area contributed by atoms with Crippen molar-refractivity contribution in [1.82, 2.24) is 15.1 Å². The number of ketones is 1. The van der Waals surface area contributed by atoms with Crippen LogP contribution >= 0.6 is 0 Å². The molecule has 164 valence electrons. The number of aliphatic hydroxyl groups excluding tert-OH is 1. The van der Waals surface area contributed by atoms with Crippen LogP contribution in [-0.2, 0) is 25.6 Å². The lowest BCUT2D eigenvalue weighted by Crippen LogP contribution is -2.58. The number of aliphatic hydroxyl groups is 1. The summed E-state index contributed by atoms with van der Waals surface area (Å²) in [4.78, 5) is 52.1. The van der Waals surface area contributed by atoms with Gasteiger partial charge in [-0.1, -0.05) is 30.3 Å². The summed E-state index contributed by atoms with van der Waals surface area (Å²) < 4.78 is 0. The maximum Gasteiger partial charge on any atom is 0.248 e. The molecule has 1 aliphatic rings. The highest BCUT2D eigenvalue weighted by molar-refractivity contribution is 6.08. The number of carbonyl (C=O) groups excluding carboxylic acids is 4. The maximum atomic E-state index is 12.8. The van der Waals surface area contributed by atoms with Crippen LogP contribution < -0.4 is 5.32 Å². The fourth-order valence-corrected chi connectivity index (χ4v) is 3.15. The van der Waals surface area contributed by atoms with Gasteiger partial charge in [-0.05, 0) is 32.8 Å². The van der Waals surface area contributed by atoms with Crippen molar-refractivity contribution in [2.24, 2.45) is 0 Å². The topological polar surface area (TPSA) is 107 Å². The molecular weight excluding hydrogens is 386 g/mol. The standard InChI is InChI=1S/C22H31N3O5/c1-14(24(4)18(28)12-11-16-9-7-6-8-10-16)20(29)23-19(15(2)26)21(30)25(5)22(3)13-17(22)27/h6-10,14-15,19,26H,11-13H2,1-5H3,(H,23,29)/t14-,15+,19-,22?/m0/s1. The average Bonchev–Trinajstić information content (AvgIpc) is 3.35. The van der Waals surface area contributed by atoms with Crippen LogP contribution in [0.15, 0.2) is 30.3 Å². The Kier molecular flexibility index (Phi) is 7.36. The summed E-state index contributed by atoms with van der Waals surface area (Å²) in [6, 6.07) is 7.54. The Morgan fingerprint density at radius 3 is 2.23 bits per heavy atom. The number of nitrogens with zero attached hydrogens (tertiary/aromatic N) is 2. The molecule has 0 heterocycles. The molecule has 4 atom stereocenters. The van der Waals surface area contributed by atoms with Gasteiger partial charge in [0.25, 0.3) is 0 Å². The molecule has 1 fully saturated rings. The van der Waals surface area contributed by atoms with Gasteiger partial charge in [-0.3, -0.25) is 19.2 Å². The summed E-state index contributed by atoms with van der Waals surface area (Å²) in [7, 11) is 3.02. The summed E-state index contributed by atoms with van der Waals surface area (Å²) in [6.07, 6.45) is -0.0947. The smallest absolute Gasteiger partial charge is 0.248 e. The van der Waals surface area contributed by atoms with Crippen molar-refractivity contribution in [3.63, 3.8) is 0 Å². The second-order valence-electron chi connectivity index (χ2n) is 8.16. The second-order valence-corrected chi connectivity index (χ2v) is 8.16. The van der Waals surface area contributed by atoms with E-state index in [9.17, 15) is 24.3 Å². The van der Waals surface area contributed by atoms with Crippen LogP contribution in [0.25, 0.3) is 0 Å². The van der Waals surface area contributed by atoms with E-state index in [0.717, 1.165) is 5.56 Å². The van der Waals surface area contributed by atoms with Crippen molar-refractivity contribution in [3.05, 3.63) is 35.9 Å². The van der Waals surface area contributed by atoms with Gasteiger partial charge in [0.15, 0.2) is 5.78 Å². The highest BCUT2D eigenvalue weighted by Crippen LogP contribution is 2.36. The fourth-order valence-electron chi connectivity index (χ4n) is 3.15. The van der Waals surface area contributed by atoms with Gasteiger partial charge in [0.05, 0.1) is 6.10 Å². The molecule has 30 heavy (non-hydrogen) atoms. The zero-order chi connectivity index (χ0) is 22.6. The van der Waals surface area contributed by atoms with Crippen LogP contribution in [0.3, 0.4) is 0 Å². The van der Waals surface area contributed by atoms with Crippen LogP contribution in [-0.4, -0.2) is 76.2 Å². The zero-order valence-corrected chi connectivity index (χ0v) is 18.2. The van der Waals surface area contributed by atoms with Gasteiger partial charge in [0, 0.05) is 26.9 Å². The molecule has 0 radical (unpaired) electrons. The molecule has 2 N–H and O–H groups in total. The van der Waals surface area contributed by atoms with Gasteiger partial charge >= 0.3 is 0 Å². The monoisotopic (exact) mass is 417 g/mol. The van der Waals surface area contributed by atoms with Gasteiger partial charge in [0.1, 0.15) is 17.6 Å². The quantitative estimate of drug-likeness (QED) is 0.609. The Balaban J connectivity index is 1.96. The largest absolute Gasteiger partial charge is 0.391 e. The third-order valence-electron chi connectivity index (χ3n) is 5.92. The summed E-state index contributed by atoms with van der Waals surface area (Å²) in [6.45, 7) is 4.61. The number of aryl methyl sites for hydroxylation is 1. The van der Waals surface area contributed by atoms with Crippen LogP contribution in [0.5, 0.6) is 0 Å². The normalized spacial score (nSPS) is 20.7. The molecule has 1 aromatic rings. The van der Waals surface area contributed by atoms with E-state index in [2.05, 4.69) is 5.32 Å². The van der Waals surface area contributed by atoms with E-state index in [1.54, 1.807) is 13.8 Å². The number of likely N-dealkylation sites (N-methyl/N-ethyl adjacent to an activating group) is 2. The van der Waals surface area contributed by atoms with E-state index < -0.39 is 35.5 Å². The van der Waals surface area contributed by atoms with E-state index in [0.29, 0.717) is 6.42 Å². The summed E-state index contributed by atoms with van der Waals surface area (Å²) in [5, 5.41) is 12.6. The summed E-state index contributed by atoms with van der Waals surface area (Å²) >= 11 is 0. The fraction of sp³-hybridized carbons (Fsp3) is 0.545. The molecule has 0 aromatic heterocycles. The molecule has 2 rings (SSSR count). The third kappa shape index (κ3) is 5.24. The first kappa shape index (κ1) is 23.5. The maximum absolute atomic E-state index is 12.8. The third-order valence-corrected chi connectivity index (χ3v) is 5.92. The van der Waals surface area contributed by atoms with Gasteiger partial charge in [-0.15, -0.1) is 0 Å². The van der Waals surface area contributed by atoms with Gasteiger partial charge in [-0.25, -0.2) is 0 Å². The minimum Gasteiger partial charge on any atom is -0.391 e. The molecule has 1 aromatic carbocycles. The highest BCUT2D eigenvalue weighted by atomic mass is 16.3. The molecule has 8 nitrogen and oxygen atoms in total. The molecule has 1 unspecified atom stereocenters. The highest BCUT2D eigenvalue weighted by Gasteiger charge is 2.55.